The van der Waals surface area contributed by atoms with Crippen LogP contribution in [0.2, 0.25) is 5.02 Å². The summed E-state index contributed by atoms with van der Waals surface area (Å²) in [5.74, 6) is 0.984. The summed E-state index contributed by atoms with van der Waals surface area (Å²) in [4.78, 5) is 21.3. The number of ether oxygens (including phenoxy) is 1. The molecule has 168 valence electrons. The number of carbonyl (C=O) groups is 1. The maximum atomic E-state index is 12.2. The van der Waals surface area contributed by atoms with E-state index < -0.39 is 0 Å². The predicted molar refractivity (Wildman–Crippen MR) is 133 cm³/mol. The first kappa shape index (κ1) is 22.6. The van der Waals surface area contributed by atoms with Crippen LogP contribution in [0.4, 0.5) is 11.4 Å². The Labute approximate surface area is 198 Å². The Kier molecular flexibility index (Phi) is 7.05. The zero-order valence-electron chi connectivity index (χ0n) is 18.6. The second kappa shape index (κ2) is 10.3. The summed E-state index contributed by atoms with van der Waals surface area (Å²) in [6.45, 7) is 4.57. The minimum Gasteiger partial charge on any atom is -0.455 e. The zero-order chi connectivity index (χ0) is 23.2. The van der Waals surface area contributed by atoms with Crippen LogP contribution in [0.1, 0.15) is 36.3 Å². The highest BCUT2D eigenvalue weighted by molar-refractivity contribution is 6.31. The standard InChI is InChI=1S/C26H25ClN4O2/c1-3-6-19-10-11-21-22(13-14-29-25(21)30-19)31-23-16-18(27)9-12-24(23)33-20-8-5-7-17(15-20)26(32)28-4-2/h5,7-16H,3-4,6H2,1-2H3,(H,28,32)(H,29,30,31). The molecule has 6 nitrogen and oxygen atoms in total. The van der Waals surface area contributed by atoms with E-state index in [-0.39, 0.29) is 5.91 Å². The number of halogens is 1. The summed E-state index contributed by atoms with van der Waals surface area (Å²) in [6, 6.07) is 18.4. The molecule has 0 radical (unpaired) electrons. The van der Waals surface area contributed by atoms with Crippen molar-refractivity contribution in [3.63, 3.8) is 0 Å². The van der Waals surface area contributed by atoms with Gasteiger partial charge in [0.05, 0.1) is 11.4 Å². The molecule has 0 aliphatic heterocycles. The van der Waals surface area contributed by atoms with Gasteiger partial charge in [0.15, 0.2) is 11.4 Å². The van der Waals surface area contributed by atoms with Crippen LogP contribution in [0, 0.1) is 0 Å². The molecule has 2 aromatic carbocycles. The molecule has 0 spiro atoms. The fraction of sp³-hybridized carbons (Fsp3) is 0.192. The summed E-state index contributed by atoms with van der Waals surface area (Å²) in [7, 11) is 0. The highest BCUT2D eigenvalue weighted by Crippen LogP contribution is 2.35. The number of aromatic nitrogens is 2. The minimum absolute atomic E-state index is 0.143. The summed E-state index contributed by atoms with van der Waals surface area (Å²) in [5, 5.41) is 7.69. The monoisotopic (exact) mass is 460 g/mol. The molecule has 0 atom stereocenters. The van der Waals surface area contributed by atoms with Crippen molar-refractivity contribution in [2.75, 3.05) is 11.9 Å². The number of amides is 1. The van der Waals surface area contributed by atoms with Crippen molar-refractivity contribution in [2.24, 2.45) is 0 Å². The van der Waals surface area contributed by atoms with Crippen LogP contribution in [-0.2, 0) is 6.42 Å². The molecule has 0 saturated heterocycles. The van der Waals surface area contributed by atoms with Gasteiger partial charge in [0.25, 0.3) is 5.91 Å². The number of nitrogens with one attached hydrogen (secondary N) is 2. The van der Waals surface area contributed by atoms with Gasteiger partial charge in [-0.3, -0.25) is 4.79 Å². The topological polar surface area (TPSA) is 76.1 Å². The zero-order valence-corrected chi connectivity index (χ0v) is 19.3. The van der Waals surface area contributed by atoms with Gasteiger partial charge >= 0.3 is 0 Å². The van der Waals surface area contributed by atoms with E-state index in [1.54, 1.807) is 42.6 Å². The number of nitrogens with zero attached hydrogens (tertiary/aromatic N) is 2. The number of fused-ring (bicyclic) bond motifs is 1. The molecule has 2 aromatic heterocycles. The number of hydrogen-bond acceptors (Lipinski definition) is 5. The molecule has 0 saturated carbocycles. The molecule has 7 heteroatoms. The van der Waals surface area contributed by atoms with Gasteiger partial charge in [-0.15, -0.1) is 0 Å². The van der Waals surface area contributed by atoms with E-state index in [0.717, 1.165) is 29.6 Å². The molecule has 2 N–H and O–H groups in total. The summed E-state index contributed by atoms with van der Waals surface area (Å²) in [6.07, 6.45) is 3.67. The maximum absolute atomic E-state index is 12.2. The highest BCUT2D eigenvalue weighted by Gasteiger charge is 2.12. The molecule has 33 heavy (non-hydrogen) atoms. The van der Waals surface area contributed by atoms with E-state index in [4.69, 9.17) is 16.3 Å². The van der Waals surface area contributed by atoms with Crippen molar-refractivity contribution in [2.45, 2.75) is 26.7 Å². The van der Waals surface area contributed by atoms with Crippen LogP contribution in [0.3, 0.4) is 0 Å². The van der Waals surface area contributed by atoms with Crippen molar-refractivity contribution in [1.82, 2.24) is 15.3 Å². The molecule has 0 unspecified atom stereocenters. The predicted octanol–water partition coefficient (Wildman–Crippen LogP) is 6.52. The van der Waals surface area contributed by atoms with Gasteiger partial charge in [-0.25, -0.2) is 9.97 Å². The average Bonchev–Trinajstić information content (AvgIpc) is 2.81. The van der Waals surface area contributed by atoms with Crippen LogP contribution in [0.25, 0.3) is 11.0 Å². The van der Waals surface area contributed by atoms with E-state index in [1.165, 1.54) is 0 Å². The number of carbonyl (C=O) groups excluding carboxylic acids is 1. The van der Waals surface area contributed by atoms with E-state index in [0.29, 0.717) is 40.0 Å². The third-order valence-electron chi connectivity index (χ3n) is 5.04. The van der Waals surface area contributed by atoms with E-state index in [1.807, 2.05) is 31.2 Å². The summed E-state index contributed by atoms with van der Waals surface area (Å²) in [5.41, 5.74) is 3.78. The van der Waals surface area contributed by atoms with Gasteiger partial charge < -0.3 is 15.4 Å². The van der Waals surface area contributed by atoms with E-state index >= 15 is 0 Å². The lowest BCUT2D eigenvalue weighted by molar-refractivity contribution is 0.0955. The third kappa shape index (κ3) is 5.41. The Morgan fingerprint density at radius 3 is 2.73 bits per heavy atom. The maximum Gasteiger partial charge on any atom is 0.251 e. The van der Waals surface area contributed by atoms with Crippen LogP contribution in [0.5, 0.6) is 11.5 Å². The smallest absolute Gasteiger partial charge is 0.251 e. The molecule has 4 aromatic rings. The van der Waals surface area contributed by atoms with Crippen molar-refractivity contribution in [3.05, 3.63) is 83.1 Å². The van der Waals surface area contributed by atoms with Crippen molar-refractivity contribution >= 4 is 39.9 Å². The van der Waals surface area contributed by atoms with Crippen LogP contribution < -0.4 is 15.4 Å². The number of anilines is 2. The Morgan fingerprint density at radius 1 is 1.03 bits per heavy atom. The van der Waals surface area contributed by atoms with Crippen LogP contribution in [-0.4, -0.2) is 22.4 Å². The third-order valence-corrected chi connectivity index (χ3v) is 5.27. The molecule has 0 fully saturated rings. The molecular formula is C26H25ClN4O2. The van der Waals surface area contributed by atoms with Gasteiger partial charge in [-0.05, 0) is 67.9 Å². The SMILES string of the molecule is CCCc1ccc2c(Nc3cc(Cl)ccc3Oc3cccc(C(=O)NCC)c3)ccnc2n1. The second-order valence-corrected chi connectivity index (χ2v) is 7.97. The van der Waals surface area contributed by atoms with Crippen LogP contribution in [0.15, 0.2) is 66.9 Å². The number of hydrogen-bond donors (Lipinski definition) is 2. The molecule has 0 aliphatic carbocycles. The number of pyridine rings is 2. The molecule has 4 rings (SSSR count). The van der Waals surface area contributed by atoms with Gasteiger partial charge in [-0.1, -0.05) is 31.0 Å². The second-order valence-electron chi connectivity index (χ2n) is 7.54. The summed E-state index contributed by atoms with van der Waals surface area (Å²) >= 11 is 6.29. The quantitative estimate of drug-likeness (QED) is 0.313. The lowest BCUT2D eigenvalue weighted by Gasteiger charge is -2.15. The van der Waals surface area contributed by atoms with Gasteiger partial charge in [-0.2, -0.15) is 0 Å². The first-order chi connectivity index (χ1) is 16.1. The molecule has 1 amide bonds. The highest BCUT2D eigenvalue weighted by atomic mass is 35.5. The molecule has 0 bridgehead atoms. The Balaban J connectivity index is 1.65. The fourth-order valence-corrected chi connectivity index (χ4v) is 3.67. The summed E-state index contributed by atoms with van der Waals surface area (Å²) < 4.78 is 6.14. The average molecular weight is 461 g/mol. The number of rotatable bonds is 8. The number of benzene rings is 2. The van der Waals surface area contributed by atoms with Crippen molar-refractivity contribution in [3.8, 4) is 11.5 Å². The van der Waals surface area contributed by atoms with Crippen molar-refractivity contribution in [1.29, 1.82) is 0 Å². The lowest BCUT2D eigenvalue weighted by Crippen LogP contribution is -2.22. The molecule has 0 aliphatic rings. The number of aryl methyl sites for hydroxylation is 1. The van der Waals surface area contributed by atoms with Gasteiger partial charge in [0, 0.05) is 34.4 Å². The normalized spacial score (nSPS) is 10.8. The van der Waals surface area contributed by atoms with E-state index in [2.05, 4.69) is 27.5 Å². The first-order valence-corrected chi connectivity index (χ1v) is 11.3. The lowest BCUT2D eigenvalue weighted by atomic mass is 10.1. The first-order valence-electron chi connectivity index (χ1n) is 10.9. The minimum atomic E-state index is -0.143. The van der Waals surface area contributed by atoms with E-state index in [9.17, 15) is 4.79 Å². The largest absolute Gasteiger partial charge is 0.455 e. The Hall–Kier alpha value is -3.64. The van der Waals surface area contributed by atoms with Crippen LogP contribution >= 0.6 is 11.6 Å². The Morgan fingerprint density at radius 2 is 1.91 bits per heavy atom. The molecule has 2 heterocycles. The van der Waals surface area contributed by atoms with Gasteiger partial charge in [0.2, 0.25) is 0 Å². The Bertz CT molecular complexity index is 1290. The van der Waals surface area contributed by atoms with Crippen molar-refractivity contribution < 1.29 is 9.53 Å². The molecular weight excluding hydrogens is 436 g/mol. The fourth-order valence-electron chi connectivity index (χ4n) is 3.50. The van der Waals surface area contributed by atoms with Gasteiger partial charge in [0.1, 0.15) is 5.75 Å².